The zero-order chi connectivity index (χ0) is 12.9. The molecule has 0 spiro atoms. The molecule has 2 aromatic rings. The fourth-order valence-corrected chi connectivity index (χ4v) is 2.09. The van der Waals surface area contributed by atoms with Crippen LogP contribution in [0.25, 0.3) is 0 Å². The Labute approximate surface area is 111 Å². The van der Waals surface area contributed by atoms with E-state index in [2.05, 4.69) is 20.4 Å². The Balaban J connectivity index is 1.59. The van der Waals surface area contributed by atoms with Crippen LogP contribution in [0.1, 0.15) is 17.3 Å². The highest BCUT2D eigenvalue weighted by Crippen LogP contribution is 2.08. The van der Waals surface area contributed by atoms with Gasteiger partial charge in [0.25, 0.3) is 0 Å². The van der Waals surface area contributed by atoms with Crippen LogP contribution in [0.2, 0.25) is 0 Å². The number of nitrogens with zero attached hydrogens (tertiary/aromatic N) is 3. The first-order chi connectivity index (χ1) is 9.40. The summed E-state index contributed by atoms with van der Waals surface area (Å²) < 4.78 is 10.7. The van der Waals surface area contributed by atoms with Crippen LogP contribution in [0.15, 0.2) is 29.0 Å². The first-order valence-corrected chi connectivity index (χ1v) is 6.41. The molecule has 1 unspecified atom stereocenters. The lowest BCUT2D eigenvalue weighted by Crippen LogP contribution is -2.42. The molecule has 0 saturated carbocycles. The zero-order valence-corrected chi connectivity index (χ0v) is 10.6. The first-order valence-electron chi connectivity index (χ1n) is 6.41. The molecule has 100 valence electrons. The second-order valence-corrected chi connectivity index (χ2v) is 4.57. The Morgan fingerprint density at radius 3 is 3.00 bits per heavy atom. The highest BCUT2D eigenvalue weighted by Gasteiger charge is 2.17. The Bertz CT molecular complexity index is 508. The van der Waals surface area contributed by atoms with Crippen LogP contribution in [0, 0.1) is 0 Å². The van der Waals surface area contributed by atoms with Gasteiger partial charge in [-0.05, 0) is 17.7 Å². The van der Waals surface area contributed by atoms with Crippen LogP contribution < -0.4 is 5.32 Å². The lowest BCUT2D eigenvalue weighted by atomic mass is 10.2. The molecule has 3 rings (SSSR count). The Kier molecular flexibility index (Phi) is 3.81. The summed E-state index contributed by atoms with van der Waals surface area (Å²) >= 11 is 0. The van der Waals surface area contributed by atoms with Crippen molar-refractivity contribution in [3.05, 3.63) is 41.8 Å². The number of pyridine rings is 1. The smallest absolute Gasteiger partial charge is 0.228 e. The summed E-state index contributed by atoms with van der Waals surface area (Å²) in [5.41, 5.74) is 1.13. The molecule has 0 bridgehead atoms. The second kappa shape index (κ2) is 5.90. The Hall–Kier alpha value is -1.79. The highest BCUT2D eigenvalue weighted by molar-refractivity contribution is 5.14. The number of morpholine rings is 1. The molecule has 6 heteroatoms. The van der Waals surface area contributed by atoms with Crippen LogP contribution in [-0.2, 0) is 17.6 Å². The maximum Gasteiger partial charge on any atom is 0.228 e. The van der Waals surface area contributed by atoms with E-state index in [4.69, 9.17) is 9.26 Å². The third kappa shape index (κ3) is 3.36. The quantitative estimate of drug-likeness (QED) is 0.867. The summed E-state index contributed by atoms with van der Waals surface area (Å²) in [6, 6.07) is 4.17. The van der Waals surface area contributed by atoms with E-state index in [0.717, 1.165) is 18.7 Å². The molecular weight excluding hydrogens is 244 g/mol. The standard InChI is InChI=1S/C13H16N4O2/c1-3-14-4-2-10(1)7-12-16-13(19-17-12)8-11-9-18-6-5-15-11/h1-4,11,15H,5-9H2. The van der Waals surface area contributed by atoms with Crippen molar-refractivity contribution in [1.29, 1.82) is 0 Å². The van der Waals surface area contributed by atoms with E-state index in [1.807, 2.05) is 12.1 Å². The third-order valence-electron chi connectivity index (χ3n) is 3.04. The maximum absolute atomic E-state index is 5.40. The van der Waals surface area contributed by atoms with Gasteiger partial charge in [0.1, 0.15) is 0 Å². The van der Waals surface area contributed by atoms with Crippen LogP contribution >= 0.6 is 0 Å². The fourth-order valence-electron chi connectivity index (χ4n) is 2.09. The van der Waals surface area contributed by atoms with Gasteiger partial charge in [-0.2, -0.15) is 4.98 Å². The largest absolute Gasteiger partial charge is 0.378 e. The molecule has 1 saturated heterocycles. The van der Waals surface area contributed by atoms with Gasteiger partial charge < -0.3 is 14.6 Å². The number of rotatable bonds is 4. The average molecular weight is 260 g/mol. The van der Waals surface area contributed by atoms with Gasteiger partial charge in [-0.25, -0.2) is 0 Å². The number of nitrogens with one attached hydrogen (secondary N) is 1. The van der Waals surface area contributed by atoms with Crippen molar-refractivity contribution in [1.82, 2.24) is 20.4 Å². The van der Waals surface area contributed by atoms with Crippen molar-refractivity contribution in [2.45, 2.75) is 18.9 Å². The number of ether oxygens (including phenoxy) is 1. The molecule has 0 radical (unpaired) electrons. The van der Waals surface area contributed by atoms with E-state index in [9.17, 15) is 0 Å². The summed E-state index contributed by atoms with van der Waals surface area (Å²) in [5.74, 6) is 1.37. The summed E-state index contributed by atoms with van der Waals surface area (Å²) in [5, 5.41) is 7.37. The third-order valence-corrected chi connectivity index (χ3v) is 3.04. The minimum absolute atomic E-state index is 0.267. The second-order valence-electron chi connectivity index (χ2n) is 4.57. The van der Waals surface area contributed by atoms with Crippen LogP contribution in [0.3, 0.4) is 0 Å². The maximum atomic E-state index is 5.40. The summed E-state index contributed by atoms with van der Waals surface area (Å²) in [7, 11) is 0. The molecule has 19 heavy (non-hydrogen) atoms. The zero-order valence-electron chi connectivity index (χ0n) is 10.6. The molecule has 1 N–H and O–H groups in total. The predicted molar refractivity (Wildman–Crippen MR) is 67.7 cm³/mol. The van der Waals surface area contributed by atoms with E-state index in [-0.39, 0.29) is 6.04 Å². The molecule has 3 heterocycles. The molecule has 1 atom stereocenters. The molecule has 1 fully saturated rings. The van der Waals surface area contributed by atoms with Gasteiger partial charge in [0.2, 0.25) is 5.89 Å². The van der Waals surface area contributed by atoms with Gasteiger partial charge >= 0.3 is 0 Å². The summed E-state index contributed by atoms with van der Waals surface area (Å²) in [6.07, 6.45) is 4.91. The highest BCUT2D eigenvalue weighted by atomic mass is 16.5. The lowest BCUT2D eigenvalue weighted by Gasteiger charge is -2.22. The number of hydrogen-bond donors (Lipinski definition) is 1. The molecular formula is C13H16N4O2. The molecule has 6 nitrogen and oxygen atoms in total. The van der Waals surface area contributed by atoms with Gasteiger partial charge in [-0.15, -0.1) is 0 Å². The van der Waals surface area contributed by atoms with Gasteiger partial charge in [-0.3, -0.25) is 4.98 Å². The number of aromatic nitrogens is 3. The molecule has 0 aliphatic carbocycles. The van der Waals surface area contributed by atoms with Crippen molar-refractivity contribution < 1.29 is 9.26 Å². The van der Waals surface area contributed by atoms with Crippen molar-refractivity contribution in [3.8, 4) is 0 Å². The topological polar surface area (TPSA) is 73.1 Å². The van der Waals surface area contributed by atoms with E-state index in [1.165, 1.54) is 0 Å². The van der Waals surface area contributed by atoms with Crippen molar-refractivity contribution in [2.24, 2.45) is 0 Å². The van der Waals surface area contributed by atoms with E-state index in [0.29, 0.717) is 31.2 Å². The number of hydrogen-bond acceptors (Lipinski definition) is 6. The summed E-state index contributed by atoms with van der Waals surface area (Å²) in [4.78, 5) is 8.39. The van der Waals surface area contributed by atoms with Crippen molar-refractivity contribution >= 4 is 0 Å². The van der Waals surface area contributed by atoms with Crippen LogP contribution in [0.5, 0.6) is 0 Å². The summed E-state index contributed by atoms with van der Waals surface area (Å²) in [6.45, 7) is 2.35. The van der Waals surface area contributed by atoms with Crippen LogP contribution in [0.4, 0.5) is 0 Å². The van der Waals surface area contributed by atoms with Crippen molar-refractivity contribution in [2.75, 3.05) is 19.8 Å². The van der Waals surface area contributed by atoms with Gasteiger partial charge in [-0.1, -0.05) is 5.16 Å². The van der Waals surface area contributed by atoms with Crippen molar-refractivity contribution in [3.63, 3.8) is 0 Å². The SMILES string of the molecule is c1cc(Cc2noc(CC3COCCN3)n2)ccn1. The van der Waals surface area contributed by atoms with E-state index in [1.54, 1.807) is 12.4 Å². The molecule has 1 aliphatic rings. The monoisotopic (exact) mass is 260 g/mol. The van der Waals surface area contributed by atoms with E-state index < -0.39 is 0 Å². The van der Waals surface area contributed by atoms with Gasteiger partial charge in [0, 0.05) is 37.8 Å². The van der Waals surface area contributed by atoms with Crippen LogP contribution in [-0.4, -0.2) is 40.9 Å². The average Bonchev–Trinajstić information content (AvgIpc) is 2.88. The lowest BCUT2D eigenvalue weighted by molar-refractivity contribution is 0.0744. The Morgan fingerprint density at radius 1 is 1.32 bits per heavy atom. The normalized spacial score (nSPS) is 19.5. The first kappa shape index (κ1) is 12.3. The van der Waals surface area contributed by atoms with Gasteiger partial charge in [0.05, 0.1) is 13.2 Å². The Morgan fingerprint density at radius 2 is 2.21 bits per heavy atom. The molecule has 2 aromatic heterocycles. The minimum Gasteiger partial charge on any atom is -0.378 e. The minimum atomic E-state index is 0.267. The predicted octanol–water partition coefficient (Wildman–Crippen LogP) is 0.586. The molecule has 0 aromatic carbocycles. The molecule has 0 amide bonds. The fraction of sp³-hybridized carbons (Fsp3) is 0.462. The van der Waals surface area contributed by atoms with Gasteiger partial charge in [0.15, 0.2) is 5.82 Å². The molecule has 1 aliphatic heterocycles. The van der Waals surface area contributed by atoms with E-state index >= 15 is 0 Å².